The van der Waals surface area contributed by atoms with Gasteiger partial charge in [-0.2, -0.15) is 0 Å². The van der Waals surface area contributed by atoms with Crippen LogP contribution in [0.2, 0.25) is 0 Å². The molecule has 0 saturated heterocycles. The van der Waals surface area contributed by atoms with Crippen LogP contribution in [0.5, 0.6) is 0 Å². The van der Waals surface area contributed by atoms with Crippen LogP contribution in [0.4, 0.5) is 4.79 Å². The Labute approximate surface area is 102 Å². The normalized spacial score (nSPS) is 29.7. The van der Waals surface area contributed by atoms with Gasteiger partial charge in [0.15, 0.2) is 0 Å². The molecule has 1 rings (SSSR count). The van der Waals surface area contributed by atoms with E-state index in [1.165, 1.54) is 0 Å². The number of carbonyl (C=O) groups excluding carboxylic acids is 1. The van der Waals surface area contributed by atoms with Crippen molar-refractivity contribution in [3.63, 3.8) is 0 Å². The molecule has 0 aromatic carbocycles. The van der Waals surface area contributed by atoms with Gasteiger partial charge < -0.3 is 15.7 Å². The molecule has 0 aromatic heterocycles. The Balaban J connectivity index is 2.42. The van der Waals surface area contributed by atoms with Gasteiger partial charge in [-0.25, -0.2) is 9.59 Å². The molecule has 1 fully saturated rings. The van der Waals surface area contributed by atoms with E-state index in [4.69, 9.17) is 5.11 Å². The number of carboxylic acid groups (broad SMARTS) is 1. The van der Waals surface area contributed by atoms with Crippen molar-refractivity contribution < 1.29 is 14.7 Å². The number of hydrogen-bond acceptors (Lipinski definition) is 2. The van der Waals surface area contributed by atoms with Crippen molar-refractivity contribution in [2.75, 3.05) is 0 Å². The van der Waals surface area contributed by atoms with Gasteiger partial charge in [-0.15, -0.1) is 0 Å². The maximum atomic E-state index is 11.6. The summed E-state index contributed by atoms with van der Waals surface area (Å²) in [6.45, 7) is 6.03. The van der Waals surface area contributed by atoms with Crippen LogP contribution in [0.15, 0.2) is 0 Å². The fourth-order valence-corrected chi connectivity index (χ4v) is 2.28. The molecule has 0 heterocycles. The standard InChI is InChI=1S/C12H22N2O3/c1-4-9(11(15)16)13-12(17)14-10-6-5-7(2)8(10)3/h7-10H,4-6H2,1-3H3,(H,15,16)(H2,13,14,17)/t7?,8?,9-,10?/m1/s1. The maximum absolute atomic E-state index is 11.6. The smallest absolute Gasteiger partial charge is 0.326 e. The minimum Gasteiger partial charge on any atom is -0.480 e. The Morgan fingerprint density at radius 1 is 1.35 bits per heavy atom. The zero-order valence-electron chi connectivity index (χ0n) is 10.7. The van der Waals surface area contributed by atoms with E-state index < -0.39 is 12.0 Å². The first-order valence-corrected chi connectivity index (χ1v) is 6.25. The molecule has 98 valence electrons. The summed E-state index contributed by atoms with van der Waals surface area (Å²) < 4.78 is 0. The third-order valence-corrected chi connectivity index (χ3v) is 3.79. The summed E-state index contributed by atoms with van der Waals surface area (Å²) in [5.74, 6) is 0.0721. The van der Waals surface area contributed by atoms with Gasteiger partial charge in [-0.3, -0.25) is 0 Å². The molecule has 5 nitrogen and oxygen atoms in total. The molecule has 0 aliphatic heterocycles. The largest absolute Gasteiger partial charge is 0.480 e. The number of amides is 2. The van der Waals surface area contributed by atoms with E-state index in [-0.39, 0.29) is 12.1 Å². The second-order valence-corrected chi connectivity index (χ2v) is 4.94. The summed E-state index contributed by atoms with van der Waals surface area (Å²) in [6, 6.07) is -1.01. The average Bonchev–Trinajstić information content (AvgIpc) is 2.57. The highest BCUT2D eigenvalue weighted by Crippen LogP contribution is 2.30. The van der Waals surface area contributed by atoms with Crippen molar-refractivity contribution in [2.24, 2.45) is 11.8 Å². The van der Waals surface area contributed by atoms with Crippen LogP contribution in [-0.2, 0) is 4.79 Å². The zero-order chi connectivity index (χ0) is 13.0. The van der Waals surface area contributed by atoms with Gasteiger partial charge in [-0.05, 0) is 31.1 Å². The third-order valence-electron chi connectivity index (χ3n) is 3.79. The number of carbonyl (C=O) groups is 2. The highest BCUT2D eigenvalue weighted by molar-refractivity contribution is 5.82. The van der Waals surface area contributed by atoms with Crippen molar-refractivity contribution in [3.8, 4) is 0 Å². The topological polar surface area (TPSA) is 78.4 Å². The molecule has 1 aliphatic carbocycles. The summed E-state index contributed by atoms with van der Waals surface area (Å²) in [4.78, 5) is 22.4. The predicted molar refractivity (Wildman–Crippen MR) is 64.7 cm³/mol. The quantitative estimate of drug-likeness (QED) is 0.700. The first-order valence-electron chi connectivity index (χ1n) is 6.25. The first kappa shape index (κ1) is 13.8. The Morgan fingerprint density at radius 3 is 2.41 bits per heavy atom. The van der Waals surface area contributed by atoms with Gasteiger partial charge in [0, 0.05) is 6.04 Å². The Bertz CT molecular complexity index is 293. The fraction of sp³-hybridized carbons (Fsp3) is 0.833. The average molecular weight is 242 g/mol. The van der Waals surface area contributed by atoms with Gasteiger partial charge in [0.05, 0.1) is 0 Å². The van der Waals surface area contributed by atoms with Crippen molar-refractivity contribution in [1.29, 1.82) is 0 Å². The summed E-state index contributed by atoms with van der Waals surface area (Å²) in [5, 5.41) is 14.2. The lowest BCUT2D eigenvalue weighted by Gasteiger charge is -2.21. The zero-order valence-corrected chi connectivity index (χ0v) is 10.7. The molecule has 2 amide bonds. The molecule has 4 atom stereocenters. The highest BCUT2D eigenvalue weighted by Gasteiger charge is 2.31. The lowest BCUT2D eigenvalue weighted by Crippen LogP contribution is -2.49. The molecular formula is C12H22N2O3. The van der Waals surface area contributed by atoms with Gasteiger partial charge in [-0.1, -0.05) is 20.8 Å². The number of nitrogens with one attached hydrogen (secondary N) is 2. The fourth-order valence-electron chi connectivity index (χ4n) is 2.28. The Morgan fingerprint density at radius 2 is 2.00 bits per heavy atom. The van der Waals surface area contributed by atoms with Crippen LogP contribution >= 0.6 is 0 Å². The van der Waals surface area contributed by atoms with Crippen molar-refractivity contribution in [2.45, 2.75) is 52.1 Å². The first-order chi connectivity index (χ1) is 7.95. The lowest BCUT2D eigenvalue weighted by atomic mass is 9.98. The monoisotopic (exact) mass is 242 g/mol. The summed E-state index contributed by atoms with van der Waals surface area (Å²) in [6.07, 6.45) is 2.47. The van der Waals surface area contributed by atoms with E-state index in [1.807, 2.05) is 0 Å². The third kappa shape index (κ3) is 3.61. The van der Waals surface area contributed by atoms with E-state index in [9.17, 15) is 9.59 Å². The molecule has 0 spiro atoms. The molecule has 17 heavy (non-hydrogen) atoms. The van der Waals surface area contributed by atoms with Crippen LogP contribution in [0.1, 0.15) is 40.0 Å². The van der Waals surface area contributed by atoms with Crippen LogP contribution in [-0.4, -0.2) is 29.2 Å². The van der Waals surface area contributed by atoms with Crippen LogP contribution in [0.3, 0.4) is 0 Å². The minimum atomic E-state index is -0.990. The highest BCUT2D eigenvalue weighted by atomic mass is 16.4. The Kier molecular flexibility index (Phi) is 4.78. The molecule has 3 N–H and O–H groups in total. The number of hydrogen-bond donors (Lipinski definition) is 3. The molecule has 0 aromatic rings. The second-order valence-electron chi connectivity index (χ2n) is 4.94. The van der Waals surface area contributed by atoms with E-state index >= 15 is 0 Å². The van der Waals surface area contributed by atoms with Crippen molar-refractivity contribution >= 4 is 12.0 Å². The summed E-state index contributed by atoms with van der Waals surface area (Å²) in [5.41, 5.74) is 0. The van der Waals surface area contributed by atoms with E-state index in [1.54, 1.807) is 6.92 Å². The number of urea groups is 1. The SMILES string of the molecule is CC[C@@H](NC(=O)NC1CCC(C)C1C)C(=O)O. The van der Waals surface area contributed by atoms with Crippen LogP contribution in [0, 0.1) is 11.8 Å². The van der Waals surface area contributed by atoms with Gasteiger partial charge in [0.25, 0.3) is 0 Å². The maximum Gasteiger partial charge on any atom is 0.326 e. The second kappa shape index (κ2) is 5.89. The molecule has 0 bridgehead atoms. The number of aliphatic carboxylic acids is 1. The molecule has 0 radical (unpaired) electrons. The van der Waals surface area contributed by atoms with E-state index in [0.29, 0.717) is 18.3 Å². The van der Waals surface area contributed by atoms with Crippen LogP contribution in [0.25, 0.3) is 0 Å². The van der Waals surface area contributed by atoms with Crippen molar-refractivity contribution in [3.05, 3.63) is 0 Å². The molecule has 3 unspecified atom stereocenters. The van der Waals surface area contributed by atoms with Gasteiger partial charge >= 0.3 is 12.0 Å². The lowest BCUT2D eigenvalue weighted by molar-refractivity contribution is -0.139. The summed E-state index contributed by atoms with van der Waals surface area (Å²) >= 11 is 0. The predicted octanol–water partition coefficient (Wildman–Crippen LogP) is 1.58. The van der Waals surface area contributed by atoms with E-state index in [0.717, 1.165) is 12.8 Å². The van der Waals surface area contributed by atoms with Crippen LogP contribution < -0.4 is 10.6 Å². The number of carboxylic acids is 1. The number of rotatable bonds is 4. The van der Waals surface area contributed by atoms with Crippen molar-refractivity contribution in [1.82, 2.24) is 10.6 Å². The Hall–Kier alpha value is -1.26. The van der Waals surface area contributed by atoms with Gasteiger partial charge in [0.1, 0.15) is 6.04 Å². The molecule has 1 saturated carbocycles. The molecular weight excluding hydrogens is 220 g/mol. The molecule has 1 aliphatic rings. The molecule has 5 heteroatoms. The minimum absolute atomic E-state index is 0.163. The van der Waals surface area contributed by atoms with Gasteiger partial charge in [0.2, 0.25) is 0 Å². The van der Waals surface area contributed by atoms with E-state index in [2.05, 4.69) is 24.5 Å². The summed E-state index contributed by atoms with van der Waals surface area (Å²) in [7, 11) is 0.